The van der Waals surface area contributed by atoms with Gasteiger partial charge in [-0.1, -0.05) is 105 Å². The van der Waals surface area contributed by atoms with Gasteiger partial charge >= 0.3 is 5.97 Å². The second-order valence-electron chi connectivity index (χ2n) is 9.13. The summed E-state index contributed by atoms with van der Waals surface area (Å²) in [6.07, 6.45) is 20.4. The number of carbonyl (C=O) groups excluding carboxylic acids is 1. The first kappa shape index (κ1) is 32.1. The highest BCUT2D eigenvalue weighted by molar-refractivity contribution is 5.70. The van der Waals surface area contributed by atoms with Crippen LogP contribution < -0.4 is 17.0 Å². The van der Waals surface area contributed by atoms with Gasteiger partial charge in [0.05, 0.1) is 26.2 Å². The maximum Gasteiger partial charge on any atom is 0.361 e. The Morgan fingerprint density at radius 3 is 1.33 bits per heavy atom. The topological polar surface area (TPSA) is 26.3 Å². The summed E-state index contributed by atoms with van der Waals surface area (Å²) in [7, 11) is 0. The standard InChI is InChI=1S/C26H54NO2.BrH/c1-5-9-13-14-15-16-17-18-19-20-24-29-26(28)25-27(21-10-6-2,22-11-7-3)23-12-8-4;/h5-25H2,1-4H3;1H/q+1;/p-1. The van der Waals surface area contributed by atoms with Gasteiger partial charge in [-0.15, -0.1) is 0 Å². The van der Waals surface area contributed by atoms with Crippen molar-refractivity contribution in [2.24, 2.45) is 0 Å². The van der Waals surface area contributed by atoms with Crippen molar-refractivity contribution in [3.05, 3.63) is 0 Å². The van der Waals surface area contributed by atoms with E-state index in [-0.39, 0.29) is 23.0 Å². The Hall–Kier alpha value is -0.0900. The molecule has 0 saturated heterocycles. The Kier molecular flexibility index (Phi) is 25.2. The molecule has 30 heavy (non-hydrogen) atoms. The lowest BCUT2D eigenvalue weighted by Gasteiger charge is -2.38. The normalized spacial score (nSPS) is 11.3. The molecular weight excluding hydrogens is 438 g/mol. The number of nitrogens with zero attached hydrogens (tertiary/aromatic N) is 1. The number of rotatable bonds is 22. The zero-order chi connectivity index (χ0) is 21.6. The Morgan fingerprint density at radius 2 is 0.933 bits per heavy atom. The first-order valence-electron chi connectivity index (χ1n) is 13.1. The molecule has 0 aliphatic heterocycles. The number of unbranched alkanes of at least 4 members (excludes halogenated alkanes) is 12. The molecule has 0 aromatic heterocycles. The third kappa shape index (κ3) is 18.7. The van der Waals surface area contributed by atoms with Crippen LogP contribution in [0.5, 0.6) is 0 Å². The van der Waals surface area contributed by atoms with Crippen molar-refractivity contribution in [3.8, 4) is 0 Å². The molecule has 0 bridgehead atoms. The van der Waals surface area contributed by atoms with E-state index in [0.717, 1.165) is 30.5 Å². The summed E-state index contributed by atoms with van der Waals surface area (Å²) in [6.45, 7) is 13.6. The van der Waals surface area contributed by atoms with Gasteiger partial charge in [-0.25, -0.2) is 4.79 Å². The molecule has 4 heteroatoms. The van der Waals surface area contributed by atoms with Gasteiger partial charge in [0.25, 0.3) is 0 Å². The summed E-state index contributed by atoms with van der Waals surface area (Å²) >= 11 is 0. The van der Waals surface area contributed by atoms with E-state index in [2.05, 4.69) is 27.7 Å². The van der Waals surface area contributed by atoms with Crippen LogP contribution in [-0.2, 0) is 9.53 Å². The molecule has 0 saturated carbocycles. The van der Waals surface area contributed by atoms with Gasteiger partial charge < -0.3 is 26.2 Å². The first-order valence-corrected chi connectivity index (χ1v) is 13.1. The molecule has 0 aromatic carbocycles. The second kappa shape index (κ2) is 23.6. The minimum Gasteiger partial charge on any atom is -1.00 e. The molecule has 0 amide bonds. The SMILES string of the molecule is CCCCCCCCCCCCOC(=O)C[N+](CCCC)(CCCC)CCCC.[Br-]. The molecule has 0 spiro atoms. The molecule has 0 fully saturated rings. The van der Waals surface area contributed by atoms with Gasteiger partial charge in [-0.3, -0.25) is 0 Å². The average molecular weight is 493 g/mol. The maximum atomic E-state index is 12.6. The van der Waals surface area contributed by atoms with Crippen LogP contribution in [0.15, 0.2) is 0 Å². The highest BCUT2D eigenvalue weighted by atomic mass is 79.9. The molecular formula is C26H54BrNO2. The molecule has 0 radical (unpaired) electrons. The summed E-state index contributed by atoms with van der Waals surface area (Å²) in [5.74, 6) is 0.0317. The van der Waals surface area contributed by atoms with Gasteiger partial charge in [0, 0.05) is 0 Å². The van der Waals surface area contributed by atoms with Crippen LogP contribution in [0.2, 0.25) is 0 Å². The molecule has 0 aliphatic rings. The number of ether oxygens (including phenoxy) is 1. The van der Waals surface area contributed by atoms with E-state index in [0.29, 0.717) is 13.2 Å². The van der Waals surface area contributed by atoms with Gasteiger partial charge in [-0.2, -0.15) is 0 Å². The fraction of sp³-hybridized carbons (Fsp3) is 0.962. The van der Waals surface area contributed by atoms with Crippen molar-refractivity contribution < 1.29 is 31.0 Å². The summed E-state index contributed by atoms with van der Waals surface area (Å²) in [6, 6.07) is 0. The second-order valence-corrected chi connectivity index (χ2v) is 9.13. The van der Waals surface area contributed by atoms with Crippen LogP contribution in [0.1, 0.15) is 130 Å². The molecule has 0 aromatic rings. The largest absolute Gasteiger partial charge is 1.00 e. The fourth-order valence-corrected chi connectivity index (χ4v) is 4.15. The Bertz CT molecular complexity index is 341. The minimum absolute atomic E-state index is 0. The van der Waals surface area contributed by atoms with E-state index in [9.17, 15) is 4.79 Å². The van der Waals surface area contributed by atoms with Gasteiger partial charge in [0.2, 0.25) is 0 Å². The van der Waals surface area contributed by atoms with Gasteiger partial charge in [0.15, 0.2) is 6.54 Å². The summed E-state index contributed by atoms with van der Waals surface area (Å²) in [5.41, 5.74) is 0. The molecule has 0 N–H and O–H groups in total. The molecule has 0 atom stereocenters. The van der Waals surface area contributed by atoms with Gasteiger partial charge in [-0.05, 0) is 25.7 Å². The van der Waals surface area contributed by atoms with E-state index >= 15 is 0 Å². The summed E-state index contributed by atoms with van der Waals surface area (Å²) < 4.78 is 6.61. The lowest BCUT2D eigenvalue weighted by Crippen LogP contribution is -3.00. The van der Waals surface area contributed by atoms with Crippen LogP contribution in [0.25, 0.3) is 0 Å². The third-order valence-corrected chi connectivity index (χ3v) is 6.18. The number of hydrogen-bond donors (Lipinski definition) is 0. The van der Waals surface area contributed by atoms with Crippen LogP contribution in [-0.4, -0.2) is 43.2 Å². The molecule has 0 rings (SSSR count). The van der Waals surface area contributed by atoms with E-state index in [1.165, 1.54) is 96.3 Å². The van der Waals surface area contributed by atoms with E-state index in [4.69, 9.17) is 4.74 Å². The Morgan fingerprint density at radius 1 is 0.567 bits per heavy atom. The van der Waals surface area contributed by atoms with Crippen molar-refractivity contribution >= 4 is 5.97 Å². The van der Waals surface area contributed by atoms with Crippen LogP contribution >= 0.6 is 0 Å². The zero-order valence-electron chi connectivity index (χ0n) is 21.0. The van der Waals surface area contributed by atoms with Crippen molar-refractivity contribution in [2.45, 2.75) is 130 Å². The molecule has 0 heterocycles. The predicted molar refractivity (Wildman–Crippen MR) is 127 cm³/mol. The molecule has 3 nitrogen and oxygen atoms in total. The quantitative estimate of drug-likeness (QED) is 0.125. The lowest BCUT2D eigenvalue weighted by molar-refractivity contribution is -0.922. The van der Waals surface area contributed by atoms with E-state index in [1.807, 2.05) is 0 Å². The highest BCUT2D eigenvalue weighted by Gasteiger charge is 2.29. The number of halogens is 1. The molecule has 0 aliphatic carbocycles. The number of carbonyl (C=O) groups is 1. The summed E-state index contributed by atoms with van der Waals surface area (Å²) in [4.78, 5) is 12.6. The van der Waals surface area contributed by atoms with Crippen molar-refractivity contribution in [1.29, 1.82) is 0 Å². The lowest BCUT2D eigenvalue weighted by atomic mass is 10.1. The van der Waals surface area contributed by atoms with Gasteiger partial charge in [0.1, 0.15) is 0 Å². The first-order chi connectivity index (χ1) is 14.1. The molecule has 182 valence electrons. The highest BCUT2D eigenvalue weighted by Crippen LogP contribution is 2.16. The third-order valence-electron chi connectivity index (χ3n) is 6.18. The number of esters is 1. The fourth-order valence-electron chi connectivity index (χ4n) is 4.15. The smallest absolute Gasteiger partial charge is 0.361 e. The Labute approximate surface area is 200 Å². The van der Waals surface area contributed by atoms with Crippen molar-refractivity contribution in [2.75, 3.05) is 32.8 Å². The number of quaternary nitrogens is 1. The monoisotopic (exact) mass is 491 g/mol. The predicted octanol–water partition coefficient (Wildman–Crippen LogP) is 4.67. The minimum atomic E-state index is 0. The summed E-state index contributed by atoms with van der Waals surface area (Å²) in [5, 5.41) is 0. The number of hydrogen-bond acceptors (Lipinski definition) is 2. The zero-order valence-corrected chi connectivity index (χ0v) is 22.6. The van der Waals surface area contributed by atoms with Crippen LogP contribution in [0.3, 0.4) is 0 Å². The van der Waals surface area contributed by atoms with Crippen molar-refractivity contribution in [1.82, 2.24) is 0 Å². The van der Waals surface area contributed by atoms with E-state index in [1.54, 1.807) is 0 Å². The van der Waals surface area contributed by atoms with Crippen molar-refractivity contribution in [3.63, 3.8) is 0 Å². The molecule has 0 unspecified atom stereocenters. The van der Waals surface area contributed by atoms with Crippen LogP contribution in [0.4, 0.5) is 0 Å². The average Bonchev–Trinajstić information content (AvgIpc) is 2.73. The Balaban J connectivity index is 0. The van der Waals surface area contributed by atoms with E-state index < -0.39 is 0 Å². The maximum absolute atomic E-state index is 12.6. The van der Waals surface area contributed by atoms with Crippen LogP contribution in [0, 0.1) is 0 Å².